The van der Waals surface area contributed by atoms with E-state index >= 15 is 0 Å². The molecule has 4 rings (SSSR count). The number of benzene rings is 2. The molecule has 1 aromatic heterocycles. The lowest BCUT2D eigenvalue weighted by atomic mass is 10.0. The standard InChI is InChI=1S/C23H21ClN4O2/c1-13(2)30-23(29)27-16-7-8-19(24)18(11-16)21-10-14-9-15(12-26-22(14)28-21)17-5-3-4-6-20(17)25/h3-9,11-13H,10,25H2,1-2H3,(H,27,29). The van der Waals surface area contributed by atoms with Gasteiger partial charge in [0, 0.05) is 51.3 Å². The van der Waals surface area contributed by atoms with Crippen molar-refractivity contribution in [3.05, 3.63) is 70.9 Å². The average Bonchev–Trinajstić information content (AvgIpc) is 3.12. The normalized spacial score (nSPS) is 12.5. The van der Waals surface area contributed by atoms with Crippen LogP contribution in [-0.2, 0) is 11.2 Å². The molecular weight excluding hydrogens is 400 g/mol. The third-order valence-corrected chi connectivity index (χ3v) is 5.01. The number of fused-ring (bicyclic) bond motifs is 1. The van der Waals surface area contributed by atoms with E-state index in [4.69, 9.17) is 22.1 Å². The quantitative estimate of drug-likeness (QED) is 0.536. The zero-order valence-electron chi connectivity index (χ0n) is 16.6. The van der Waals surface area contributed by atoms with Crippen LogP contribution in [0.2, 0.25) is 5.02 Å². The Balaban J connectivity index is 1.59. The number of aliphatic imine (C=N–C) groups is 1. The second-order valence-corrected chi connectivity index (χ2v) is 7.71. The maximum Gasteiger partial charge on any atom is 0.411 e. The van der Waals surface area contributed by atoms with Crippen LogP contribution >= 0.6 is 11.6 Å². The van der Waals surface area contributed by atoms with E-state index in [1.54, 1.807) is 38.2 Å². The fourth-order valence-corrected chi connectivity index (χ4v) is 3.56. The van der Waals surface area contributed by atoms with Crippen molar-refractivity contribution >= 4 is 40.6 Å². The van der Waals surface area contributed by atoms with Crippen molar-refractivity contribution in [2.24, 2.45) is 4.99 Å². The number of amides is 1. The van der Waals surface area contributed by atoms with Gasteiger partial charge in [0.05, 0.1) is 11.8 Å². The predicted octanol–water partition coefficient (Wildman–Crippen LogP) is 5.62. The first-order valence-corrected chi connectivity index (χ1v) is 9.97. The van der Waals surface area contributed by atoms with Gasteiger partial charge in [0.2, 0.25) is 0 Å². The Labute approximate surface area is 179 Å². The number of hydrogen-bond donors (Lipinski definition) is 2. The molecule has 0 aliphatic carbocycles. The van der Waals surface area contributed by atoms with Gasteiger partial charge in [0.15, 0.2) is 5.82 Å². The molecule has 0 spiro atoms. The number of aromatic nitrogens is 1. The molecule has 0 radical (unpaired) electrons. The fourth-order valence-electron chi connectivity index (χ4n) is 3.33. The molecule has 0 atom stereocenters. The highest BCUT2D eigenvalue weighted by atomic mass is 35.5. The SMILES string of the molecule is CC(C)OC(=O)Nc1ccc(Cl)c(C2=Nc3ncc(-c4ccccc4N)cc3C2)c1. The van der Waals surface area contributed by atoms with Gasteiger partial charge in [-0.25, -0.2) is 14.8 Å². The number of nitrogens with zero attached hydrogens (tertiary/aromatic N) is 2. The monoisotopic (exact) mass is 420 g/mol. The molecule has 7 heteroatoms. The van der Waals surface area contributed by atoms with Crippen LogP contribution in [-0.4, -0.2) is 22.9 Å². The van der Waals surface area contributed by atoms with Crippen LogP contribution in [0.25, 0.3) is 11.1 Å². The van der Waals surface area contributed by atoms with Gasteiger partial charge in [-0.3, -0.25) is 5.32 Å². The summed E-state index contributed by atoms with van der Waals surface area (Å²) in [5.74, 6) is 0.664. The average molecular weight is 421 g/mol. The molecule has 2 heterocycles. The lowest BCUT2D eigenvalue weighted by molar-refractivity contribution is 0.130. The highest BCUT2D eigenvalue weighted by molar-refractivity contribution is 6.34. The topological polar surface area (TPSA) is 89.6 Å². The van der Waals surface area contributed by atoms with Gasteiger partial charge < -0.3 is 10.5 Å². The molecule has 1 aliphatic rings. The van der Waals surface area contributed by atoms with Crippen molar-refractivity contribution in [1.82, 2.24) is 4.98 Å². The smallest absolute Gasteiger partial charge is 0.411 e. The molecule has 30 heavy (non-hydrogen) atoms. The minimum Gasteiger partial charge on any atom is -0.447 e. The first kappa shape index (κ1) is 19.9. The summed E-state index contributed by atoms with van der Waals surface area (Å²) in [6, 6.07) is 15.0. The van der Waals surface area contributed by atoms with E-state index in [0.29, 0.717) is 28.6 Å². The Hall–Kier alpha value is -3.38. The third-order valence-electron chi connectivity index (χ3n) is 4.68. The summed E-state index contributed by atoms with van der Waals surface area (Å²) in [4.78, 5) is 21.1. The lowest BCUT2D eigenvalue weighted by Gasteiger charge is -2.11. The summed E-state index contributed by atoms with van der Waals surface area (Å²) < 4.78 is 5.13. The number of nitrogen functional groups attached to an aromatic ring is 1. The number of nitrogens with two attached hydrogens (primary N) is 1. The number of carbonyl (C=O) groups is 1. The van der Waals surface area contributed by atoms with Crippen molar-refractivity contribution in [2.75, 3.05) is 11.1 Å². The van der Waals surface area contributed by atoms with Crippen LogP contribution < -0.4 is 11.1 Å². The Bertz CT molecular complexity index is 1160. The molecule has 0 unspecified atom stereocenters. The summed E-state index contributed by atoms with van der Waals surface area (Å²) in [6.45, 7) is 3.59. The predicted molar refractivity (Wildman–Crippen MR) is 121 cm³/mol. The van der Waals surface area contributed by atoms with E-state index in [-0.39, 0.29) is 6.10 Å². The number of halogens is 1. The van der Waals surface area contributed by atoms with Crippen molar-refractivity contribution in [3.63, 3.8) is 0 Å². The molecule has 0 saturated carbocycles. The van der Waals surface area contributed by atoms with Crippen molar-refractivity contribution in [3.8, 4) is 11.1 Å². The Kier molecular flexibility index (Phi) is 5.42. The zero-order chi connectivity index (χ0) is 21.3. The first-order valence-electron chi connectivity index (χ1n) is 9.59. The number of nitrogens with one attached hydrogen (secondary N) is 1. The molecule has 1 amide bonds. The lowest BCUT2D eigenvalue weighted by Crippen LogP contribution is -2.18. The number of hydrogen-bond acceptors (Lipinski definition) is 5. The molecule has 2 aromatic carbocycles. The third kappa shape index (κ3) is 4.14. The van der Waals surface area contributed by atoms with Gasteiger partial charge in [0.25, 0.3) is 0 Å². The van der Waals surface area contributed by atoms with E-state index in [1.165, 1.54) is 0 Å². The number of para-hydroxylation sites is 1. The number of carbonyl (C=O) groups excluding carboxylic acids is 1. The molecule has 0 bridgehead atoms. The summed E-state index contributed by atoms with van der Waals surface area (Å²) >= 11 is 6.43. The van der Waals surface area contributed by atoms with Crippen LogP contribution in [0.5, 0.6) is 0 Å². The fraction of sp³-hybridized carbons (Fsp3) is 0.174. The summed E-state index contributed by atoms with van der Waals surface area (Å²) in [5.41, 5.74) is 11.8. The van der Waals surface area contributed by atoms with Gasteiger partial charge in [-0.2, -0.15) is 0 Å². The number of ether oxygens (including phenoxy) is 1. The van der Waals surface area contributed by atoms with Crippen LogP contribution in [0, 0.1) is 0 Å². The maximum atomic E-state index is 11.9. The minimum absolute atomic E-state index is 0.204. The van der Waals surface area contributed by atoms with Crippen LogP contribution in [0.3, 0.4) is 0 Å². The number of anilines is 2. The van der Waals surface area contributed by atoms with Crippen LogP contribution in [0.4, 0.5) is 22.0 Å². The van der Waals surface area contributed by atoms with Crippen LogP contribution in [0.15, 0.2) is 59.7 Å². The Morgan fingerprint density at radius 3 is 2.73 bits per heavy atom. The van der Waals surface area contributed by atoms with Crippen molar-refractivity contribution < 1.29 is 9.53 Å². The van der Waals surface area contributed by atoms with Gasteiger partial charge >= 0.3 is 6.09 Å². The molecular formula is C23H21ClN4O2. The molecule has 3 aromatic rings. The zero-order valence-corrected chi connectivity index (χ0v) is 17.4. The van der Waals surface area contributed by atoms with E-state index < -0.39 is 6.09 Å². The first-order chi connectivity index (χ1) is 14.4. The molecule has 3 N–H and O–H groups in total. The van der Waals surface area contributed by atoms with E-state index in [9.17, 15) is 4.79 Å². The molecule has 0 saturated heterocycles. The van der Waals surface area contributed by atoms with Gasteiger partial charge in [-0.05, 0) is 44.2 Å². The van der Waals surface area contributed by atoms with E-state index in [2.05, 4.69) is 21.4 Å². The van der Waals surface area contributed by atoms with Crippen molar-refractivity contribution in [2.45, 2.75) is 26.4 Å². The molecule has 152 valence electrons. The summed E-state index contributed by atoms with van der Waals surface area (Å²) in [7, 11) is 0. The van der Waals surface area contributed by atoms with E-state index in [0.717, 1.165) is 28.0 Å². The summed E-state index contributed by atoms with van der Waals surface area (Å²) in [5, 5.41) is 3.27. The molecule has 6 nitrogen and oxygen atoms in total. The Morgan fingerprint density at radius 2 is 1.97 bits per heavy atom. The highest BCUT2D eigenvalue weighted by Crippen LogP contribution is 2.34. The second kappa shape index (κ2) is 8.16. The summed E-state index contributed by atoms with van der Waals surface area (Å²) in [6.07, 6.45) is 1.65. The van der Waals surface area contributed by atoms with Crippen LogP contribution in [0.1, 0.15) is 25.0 Å². The van der Waals surface area contributed by atoms with Gasteiger partial charge in [-0.15, -0.1) is 0 Å². The van der Waals surface area contributed by atoms with E-state index in [1.807, 2.05) is 24.3 Å². The largest absolute Gasteiger partial charge is 0.447 e. The highest BCUT2D eigenvalue weighted by Gasteiger charge is 2.21. The molecule has 0 fully saturated rings. The maximum absolute atomic E-state index is 11.9. The second-order valence-electron chi connectivity index (χ2n) is 7.30. The molecule has 1 aliphatic heterocycles. The van der Waals surface area contributed by atoms with Crippen molar-refractivity contribution in [1.29, 1.82) is 0 Å². The van der Waals surface area contributed by atoms with Gasteiger partial charge in [0.1, 0.15) is 0 Å². The number of pyridine rings is 1. The number of rotatable bonds is 4. The van der Waals surface area contributed by atoms with Gasteiger partial charge in [-0.1, -0.05) is 29.8 Å². The Morgan fingerprint density at radius 1 is 1.17 bits per heavy atom. The minimum atomic E-state index is -0.512.